The molecule has 0 aromatic heterocycles. The Bertz CT molecular complexity index is 375. The molecule has 0 saturated carbocycles. The molecular formula is C13H22N4O. The van der Waals surface area contributed by atoms with Gasteiger partial charge in [0.05, 0.1) is 24.0 Å². The number of hydrogen-bond donors (Lipinski definition) is 2. The Morgan fingerprint density at radius 2 is 1.67 bits per heavy atom. The van der Waals surface area contributed by atoms with E-state index < -0.39 is 0 Å². The lowest BCUT2D eigenvalue weighted by Gasteiger charge is -2.21. The van der Waals surface area contributed by atoms with Gasteiger partial charge in [-0.1, -0.05) is 12.2 Å². The lowest BCUT2D eigenvalue weighted by Crippen LogP contribution is -2.41. The fraction of sp³-hybridized carbons (Fsp3) is 0.538. The van der Waals surface area contributed by atoms with Gasteiger partial charge in [0.2, 0.25) is 0 Å². The number of nitrogens with zero attached hydrogens (tertiary/aromatic N) is 2. The Morgan fingerprint density at radius 3 is 2.06 bits per heavy atom. The first-order chi connectivity index (χ1) is 8.60. The smallest absolute Gasteiger partial charge is 0.101 e. The van der Waals surface area contributed by atoms with Gasteiger partial charge in [-0.05, 0) is 6.92 Å². The molecule has 0 aliphatic carbocycles. The molecule has 5 heteroatoms. The van der Waals surface area contributed by atoms with E-state index in [2.05, 4.69) is 23.1 Å². The summed E-state index contributed by atoms with van der Waals surface area (Å²) in [6, 6.07) is 0. The van der Waals surface area contributed by atoms with Crippen molar-refractivity contribution < 1.29 is 4.74 Å². The minimum absolute atomic E-state index is 0.130. The van der Waals surface area contributed by atoms with Gasteiger partial charge in [-0.15, -0.1) is 13.2 Å². The van der Waals surface area contributed by atoms with E-state index >= 15 is 0 Å². The maximum Gasteiger partial charge on any atom is 0.101 e. The van der Waals surface area contributed by atoms with E-state index in [1.165, 1.54) is 0 Å². The molecule has 0 radical (unpaired) electrons. The first-order valence-electron chi connectivity index (χ1n) is 6.03. The molecule has 1 aliphatic rings. The second-order valence-corrected chi connectivity index (χ2v) is 4.14. The summed E-state index contributed by atoms with van der Waals surface area (Å²) < 4.78 is 5.82. The van der Waals surface area contributed by atoms with Crippen LogP contribution in [0.5, 0.6) is 0 Å². The van der Waals surface area contributed by atoms with E-state index in [1.54, 1.807) is 19.2 Å². The average molecular weight is 250 g/mol. The number of rotatable bonds is 5. The predicted octanol–water partition coefficient (Wildman–Crippen LogP) is 0.722. The van der Waals surface area contributed by atoms with Crippen LogP contribution in [-0.4, -0.2) is 37.5 Å². The molecule has 4 N–H and O–H groups in total. The van der Waals surface area contributed by atoms with Gasteiger partial charge in [0.1, 0.15) is 11.7 Å². The van der Waals surface area contributed by atoms with Crippen molar-refractivity contribution in [1.82, 2.24) is 0 Å². The topological polar surface area (TPSA) is 86.0 Å². The second kappa shape index (κ2) is 6.35. The molecule has 5 nitrogen and oxygen atoms in total. The maximum absolute atomic E-state index is 6.03. The molecule has 0 aromatic rings. The summed E-state index contributed by atoms with van der Waals surface area (Å²) >= 11 is 0. The number of ether oxygens (including phenoxy) is 1. The summed E-state index contributed by atoms with van der Waals surface area (Å²) in [5, 5.41) is 0. The second-order valence-electron chi connectivity index (χ2n) is 4.14. The van der Waals surface area contributed by atoms with Crippen LogP contribution in [0.3, 0.4) is 0 Å². The summed E-state index contributed by atoms with van der Waals surface area (Å²) in [4.78, 5) is 8.31. The molecule has 1 fully saturated rings. The van der Waals surface area contributed by atoms with Crippen molar-refractivity contribution in [2.24, 2.45) is 33.3 Å². The lowest BCUT2D eigenvalue weighted by molar-refractivity contribution is 0.0920. The van der Waals surface area contributed by atoms with Crippen molar-refractivity contribution in [3.63, 3.8) is 0 Å². The number of hydrogen-bond acceptors (Lipinski definition) is 3. The predicted molar refractivity (Wildman–Crippen MR) is 75.7 cm³/mol. The van der Waals surface area contributed by atoms with E-state index in [-0.39, 0.29) is 24.0 Å². The zero-order valence-electron chi connectivity index (χ0n) is 11.0. The van der Waals surface area contributed by atoms with Crippen LogP contribution in [0, 0.1) is 11.8 Å². The van der Waals surface area contributed by atoms with Crippen LogP contribution in [0.1, 0.15) is 6.92 Å². The van der Waals surface area contributed by atoms with Gasteiger partial charge in [-0.3, -0.25) is 9.98 Å². The molecule has 0 spiro atoms. The Balaban J connectivity index is 3.16. The highest BCUT2D eigenvalue weighted by Gasteiger charge is 2.45. The van der Waals surface area contributed by atoms with Gasteiger partial charge in [0, 0.05) is 13.6 Å². The van der Waals surface area contributed by atoms with Gasteiger partial charge in [0.25, 0.3) is 0 Å². The van der Waals surface area contributed by atoms with Crippen LogP contribution in [0.25, 0.3) is 0 Å². The van der Waals surface area contributed by atoms with Crippen molar-refractivity contribution >= 4 is 11.7 Å². The standard InChI is InChI=1S/C13H22N4O/c1-5-8-10(12(14)16-4)11(9(6-2)18-8)13(15)17-7-3/h5-6,8-11H,1-2,7H2,3-4H3,(H2,14,16)(H2,15,17). The SMILES string of the molecule is C=CC1OC(C=C)C(C(N)=NCC)C1C(N)=NC. The van der Waals surface area contributed by atoms with Crippen molar-refractivity contribution in [2.45, 2.75) is 19.1 Å². The van der Waals surface area contributed by atoms with E-state index in [1.807, 2.05) is 6.92 Å². The first-order valence-corrected chi connectivity index (χ1v) is 6.03. The number of nitrogens with two attached hydrogens (primary N) is 2. The minimum Gasteiger partial charge on any atom is -0.387 e. The Labute approximate surface area is 108 Å². The molecule has 1 aliphatic heterocycles. The van der Waals surface area contributed by atoms with Gasteiger partial charge < -0.3 is 16.2 Å². The molecule has 1 heterocycles. The van der Waals surface area contributed by atoms with Crippen molar-refractivity contribution in [3.8, 4) is 0 Å². The summed E-state index contributed by atoms with van der Waals surface area (Å²) in [7, 11) is 1.65. The summed E-state index contributed by atoms with van der Waals surface area (Å²) in [5.41, 5.74) is 12.0. The third-order valence-electron chi connectivity index (χ3n) is 3.16. The highest BCUT2D eigenvalue weighted by Crippen LogP contribution is 2.34. The van der Waals surface area contributed by atoms with Crippen molar-refractivity contribution in [1.29, 1.82) is 0 Å². The fourth-order valence-corrected chi connectivity index (χ4v) is 2.31. The molecule has 1 rings (SSSR count). The van der Waals surface area contributed by atoms with Crippen LogP contribution in [0.4, 0.5) is 0 Å². The van der Waals surface area contributed by atoms with Crippen LogP contribution in [-0.2, 0) is 4.74 Å². The molecule has 4 unspecified atom stereocenters. The molecule has 0 amide bonds. The van der Waals surface area contributed by atoms with Crippen LogP contribution in [0.15, 0.2) is 35.3 Å². The third kappa shape index (κ3) is 2.61. The zero-order valence-corrected chi connectivity index (χ0v) is 11.0. The fourth-order valence-electron chi connectivity index (χ4n) is 2.31. The molecule has 0 bridgehead atoms. The van der Waals surface area contributed by atoms with Gasteiger partial charge >= 0.3 is 0 Å². The lowest BCUT2D eigenvalue weighted by atomic mass is 9.85. The van der Waals surface area contributed by atoms with Crippen LogP contribution < -0.4 is 11.5 Å². The molecule has 1 saturated heterocycles. The maximum atomic E-state index is 6.03. The monoisotopic (exact) mass is 250 g/mol. The number of amidine groups is 2. The third-order valence-corrected chi connectivity index (χ3v) is 3.16. The summed E-state index contributed by atoms with van der Waals surface area (Å²) in [5.74, 6) is 0.770. The van der Waals surface area contributed by atoms with Gasteiger partial charge in [-0.25, -0.2) is 0 Å². The van der Waals surface area contributed by atoms with Crippen molar-refractivity contribution in [3.05, 3.63) is 25.3 Å². The quantitative estimate of drug-likeness (QED) is 0.428. The van der Waals surface area contributed by atoms with Crippen LogP contribution in [0.2, 0.25) is 0 Å². The normalized spacial score (nSPS) is 33.4. The van der Waals surface area contributed by atoms with E-state index in [0.29, 0.717) is 18.2 Å². The highest BCUT2D eigenvalue weighted by molar-refractivity contribution is 5.93. The Hall–Kier alpha value is -1.62. The molecule has 18 heavy (non-hydrogen) atoms. The molecular weight excluding hydrogens is 228 g/mol. The van der Waals surface area contributed by atoms with Gasteiger partial charge in [0.15, 0.2) is 0 Å². The zero-order chi connectivity index (χ0) is 13.7. The first kappa shape index (κ1) is 14.4. The molecule has 4 atom stereocenters. The highest BCUT2D eigenvalue weighted by atomic mass is 16.5. The van der Waals surface area contributed by atoms with Crippen LogP contribution >= 0.6 is 0 Å². The molecule has 0 aromatic carbocycles. The average Bonchev–Trinajstić information content (AvgIpc) is 2.76. The molecule has 100 valence electrons. The largest absolute Gasteiger partial charge is 0.387 e. The van der Waals surface area contributed by atoms with E-state index in [4.69, 9.17) is 16.2 Å². The van der Waals surface area contributed by atoms with Gasteiger partial charge in [-0.2, -0.15) is 0 Å². The Morgan fingerprint density at radius 1 is 1.17 bits per heavy atom. The van der Waals surface area contributed by atoms with Crippen molar-refractivity contribution in [2.75, 3.05) is 13.6 Å². The number of aliphatic imine (C=N–C) groups is 2. The summed E-state index contributed by atoms with van der Waals surface area (Å²) in [6.07, 6.45) is 3.02. The Kier molecular flexibility index (Phi) is 5.09. The summed E-state index contributed by atoms with van der Waals surface area (Å²) in [6.45, 7) is 10.1. The van der Waals surface area contributed by atoms with E-state index in [9.17, 15) is 0 Å². The minimum atomic E-state index is -0.215. The van der Waals surface area contributed by atoms with E-state index in [0.717, 1.165) is 0 Å².